The van der Waals surface area contributed by atoms with E-state index >= 15 is 0 Å². The molecule has 0 saturated heterocycles. The van der Waals surface area contributed by atoms with Gasteiger partial charge in [-0.2, -0.15) is 0 Å². The summed E-state index contributed by atoms with van der Waals surface area (Å²) in [6.45, 7) is 9.38. The molecule has 0 fully saturated rings. The second kappa shape index (κ2) is 11.9. The van der Waals surface area contributed by atoms with Gasteiger partial charge in [-0.05, 0) is 108 Å². The standard InChI is InChI=1S/C54H40N2/c1-53(2)45-23-13-12-21-41(45)51-42(22-14-24-47(51)53)50-32-49(33-15-6-5-7-16-33)55-52(56-50)40-27-26-37(38-19-10-11-20-39(38)40)36-25-28-46-43(30-36)44-29-34-17-8-9-18-35(34)31-48(44)54(46,3)4/h5-32H,1-4H3. The zero-order chi connectivity index (χ0) is 37.8. The highest BCUT2D eigenvalue weighted by molar-refractivity contribution is 6.05. The predicted octanol–water partition coefficient (Wildman–Crippen LogP) is 14.1. The summed E-state index contributed by atoms with van der Waals surface area (Å²) in [6, 6.07) is 62.1. The average molecular weight is 717 g/mol. The molecule has 2 aliphatic carbocycles. The van der Waals surface area contributed by atoms with Crippen LogP contribution in [0.2, 0.25) is 0 Å². The van der Waals surface area contributed by atoms with Crippen molar-refractivity contribution in [1.82, 2.24) is 9.97 Å². The molecule has 2 aliphatic rings. The molecule has 0 atom stereocenters. The lowest BCUT2D eigenvalue weighted by Gasteiger charge is -2.22. The van der Waals surface area contributed by atoms with Crippen molar-refractivity contribution in [3.8, 4) is 67.3 Å². The van der Waals surface area contributed by atoms with Crippen LogP contribution in [0.1, 0.15) is 49.9 Å². The zero-order valence-corrected chi connectivity index (χ0v) is 32.1. The van der Waals surface area contributed by atoms with Crippen molar-refractivity contribution in [3.63, 3.8) is 0 Å². The van der Waals surface area contributed by atoms with Crippen molar-refractivity contribution in [1.29, 1.82) is 0 Å². The highest BCUT2D eigenvalue weighted by Gasteiger charge is 2.38. The van der Waals surface area contributed by atoms with Crippen LogP contribution in [0.3, 0.4) is 0 Å². The van der Waals surface area contributed by atoms with E-state index in [0.717, 1.165) is 39.3 Å². The third kappa shape index (κ3) is 4.75. The molecule has 0 spiro atoms. The van der Waals surface area contributed by atoms with Crippen LogP contribution in [0.25, 0.3) is 88.8 Å². The summed E-state index contributed by atoms with van der Waals surface area (Å²) in [5.41, 5.74) is 18.0. The molecule has 2 heteroatoms. The minimum absolute atomic E-state index is 0.0747. The van der Waals surface area contributed by atoms with E-state index in [2.05, 4.69) is 198 Å². The molecule has 0 N–H and O–H groups in total. The summed E-state index contributed by atoms with van der Waals surface area (Å²) in [4.78, 5) is 10.8. The van der Waals surface area contributed by atoms with E-state index in [1.54, 1.807) is 0 Å². The fraction of sp³-hybridized carbons (Fsp3) is 0.111. The summed E-state index contributed by atoms with van der Waals surface area (Å²) in [6.07, 6.45) is 0. The average Bonchev–Trinajstić information content (AvgIpc) is 3.61. The van der Waals surface area contributed by atoms with Gasteiger partial charge in [-0.1, -0.05) is 167 Å². The SMILES string of the molecule is CC1(C)c2ccc(-c3ccc(-c4nc(-c5ccccc5)cc(-c5cccc6c5-c5ccccc5C6(C)C)n4)c4ccccc34)cc2-c2cc3ccccc3cc21. The fourth-order valence-corrected chi connectivity index (χ4v) is 9.78. The molecule has 266 valence electrons. The number of benzene rings is 8. The lowest BCUT2D eigenvalue weighted by atomic mass is 9.81. The van der Waals surface area contributed by atoms with Gasteiger partial charge in [-0.25, -0.2) is 9.97 Å². The molecule has 9 aromatic rings. The van der Waals surface area contributed by atoms with Gasteiger partial charge in [0.25, 0.3) is 0 Å². The first-order chi connectivity index (χ1) is 27.3. The van der Waals surface area contributed by atoms with Gasteiger partial charge in [0.2, 0.25) is 0 Å². The molecule has 0 unspecified atom stereocenters. The van der Waals surface area contributed by atoms with Gasteiger partial charge < -0.3 is 0 Å². The molecule has 1 aromatic heterocycles. The highest BCUT2D eigenvalue weighted by Crippen LogP contribution is 2.53. The van der Waals surface area contributed by atoms with Crippen LogP contribution >= 0.6 is 0 Å². The summed E-state index contributed by atoms with van der Waals surface area (Å²) in [5, 5.41) is 4.90. The van der Waals surface area contributed by atoms with Crippen LogP contribution in [-0.4, -0.2) is 9.97 Å². The third-order valence-electron chi connectivity index (χ3n) is 12.7. The Bertz CT molecular complexity index is 3080. The van der Waals surface area contributed by atoms with Crippen LogP contribution in [-0.2, 0) is 10.8 Å². The van der Waals surface area contributed by atoms with E-state index < -0.39 is 0 Å². The maximum absolute atomic E-state index is 5.45. The first-order valence-corrected chi connectivity index (χ1v) is 19.7. The molecular weight excluding hydrogens is 677 g/mol. The number of hydrogen-bond acceptors (Lipinski definition) is 2. The van der Waals surface area contributed by atoms with Gasteiger partial charge in [0, 0.05) is 27.5 Å². The Hall–Kier alpha value is -6.64. The van der Waals surface area contributed by atoms with Gasteiger partial charge in [0.1, 0.15) is 0 Å². The Morgan fingerprint density at radius 3 is 1.75 bits per heavy atom. The smallest absolute Gasteiger partial charge is 0.161 e. The predicted molar refractivity (Wildman–Crippen MR) is 234 cm³/mol. The van der Waals surface area contributed by atoms with Crippen molar-refractivity contribution < 1.29 is 0 Å². The molecule has 0 radical (unpaired) electrons. The molecule has 56 heavy (non-hydrogen) atoms. The topological polar surface area (TPSA) is 25.8 Å². The maximum Gasteiger partial charge on any atom is 0.161 e. The molecule has 11 rings (SSSR count). The number of hydrogen-bond donors (Lipinski definition) is 0. The van der Waals surface area contributed by atoms with Crippen LogP contribution in [0.15, 0.2) is 170 Å². The van der Waals surface area contributed by atoms with Crippen molar-refractivity contribution in [3.05, 3.63) is 192 Å². The normalized spacial score (nSPS) is 14.4. The second-order valence-corrected chi connectivity index (χ2v) is 16.6. The minimum Gasteiger partial charge on any atom is -0.228 e. The Labute approximate surface area is 328 Å². The van der Waals surface area contributed by atoms with Crippen molar-refractivity contribution in [2.45, 2.75) is 38.5 Å². The van der Waals surface area contributed by atoms with Crippen LogP contribution < -0.4 is 0 Å². The van der Waals surface area contributed by atoms with Gasteiger partial charge >= 0.3 is 0 Å². The first kappa shape index (κ1) is 32.8. The first-order valence-electron chi connectivity index (χ1n) is 19.7. The summed E-state index contributed by atoms with van der Waals surface area (Å²) >= 11 is 0. The molecular formula is C54H40N2. The molecule has 2 nitrogen and oxygen atoms in total. The Morgan fingerprint density at radius 2 is 0.929 bits per heavy atom. The molecule has 0 bridgehead atoms. The highest BCUT2D eigenvalue weighted by atomic mass is 14.9. The van der Waals surface area contributed by atoms with Crippen molar-refractivity contribution in [2.75, 3.05) is 0 Å². The Kier molecular flexibility index (Phi) is 6.98. The number of aromatic nitrogens is 2. The van der Waals surface area contributed by atoms with Crippen molar-refractivity contribution in [2.24, 2.45) is 0 Å². The monoisotopic (exact) mass is 716 g/mol. The van der Waals surface area contributed by atoms with Crippen LogP contribution in [0.4, 0.5) is 0 Å². The quantitative estimate of drug-likeness (QED) is 0.181. The van der Waals surface area contributed by atoms with E-state index in [0.29, 0.717) is 0 Å². The molecule has 0 amide bonds. The van der Waals surface area contributed by atoms with E-state index in [1.807, 2.05) is 0 Å². The summed E-state index contributed by atoms with van der Waals surface area (Å²) in [5.74, 6) is 0.726. The number of fused-ring (bicyclic) bond motifs is 8. The third-order valence-corrected chi connectivity index (χ3v) is 12.7. The number of rotatable bonds is 4. The molecule has 1 heterocycles. The van der Waals surface area contributed by atoms with Gasteiger partial charge in [-0.15, -0.1) is 0 Å². The fourth-order valence-electron chi connectivity index (χ4n) is 9.78. The van der Waals surface area contributed by atoms with E-state index in [-0.39, 0.29) is 10.8 Å². The number of nitrogens with zero attached hydrogens (tertiary/aromatic N) is 2. The van der Waals surface area contributed by atoms with Gasteiger partial charge in [-0.3, -0.25) is 0 Å². The van der Waals surface area contributed by atoms with Gasteiger partial charge in [0.15, 0.2) is 5.82 Å². The zero-order valence-electron chi connectivity index (χ0n) is 32.1. The van der Waals surface area contributed by atoms with Crippen molar-refractivity contribution >= 4 is 21.5 Å². The maximum atomic E-state index is 5.45. The van der Waals surface area contributed by atoms with E-state index in [9.17, 15) is 0 Å². The summed E-state index contributed by atoms with van der Waals surface area (Å²) < 4.78 is 0. The lowest BCUT2D eigenvalue weighted by molar-refractivity contribution is 0.660. The Balaban J connectivity index is 1.10. The Morgan fingerprint density at radius 1 is 0.339 bits per heavy atom. The largest absolute Gasteiger partial charge is 0.228 e. The lowest BCUT2D eigenvalue weighted by Crippen LogP contribution is -2.14. The van der Waals surface area contributed by atoms with E-state index in [4.69, 9.17) is 9.97 Å². The molecule has 0 saturated carbocycles. The van der Waals surface area contributed by atoms with Gasteiger partial charge in [0.05, 0.1) is 11.4 Å². The molecule has 8 aromatic carbocycles. The summed E-state index contributed by atoms with van der Waals surface area (Å²) in [7, 11) is 0. The minimum atomic E-state index is -0.102. The molecule has 0 aliphatic heterocycles. The van der Waals surface area contributed by atoms with Crippen LogP contribution in [0, 0.1) is 0 Å². The van der Waals surface area contributed by atoms with Crippen LogP contribution in [0.5, 0.6) is 0 Å². The van der Waals surface area contributed by atoms with E-state index in [1.165, 1.54) is 71.8 Å². The second-order valence-electron chi connectivity index (χ2n) is 16.6.